The minimum atomic E-state index is -0.410. The van der Waals surface area contributed by atoms with Gasteiger partial charge in [0, 0.05) is 41.2 Å². The van der Waals surface area contributed by atoms with Crippen LogP contribution in [0.4, 0.5) is 0 Å². The number of carbonyl (C=O) groups excluding carboxylic acids is 2. The van der Waals surface area contributed by atoms with E-state index >= 15 is 0 Å². The fraction of sp³-hybridized carbons (Fsp3) is 0.533. The monoisotopic (exact) mass is 495 g/mol. The van der Waals surface area contributed by atoms with Crippen molar-refractivity contribution >= 4 is 23.5 Å². The first kappa shape index (κ1) is 27.3. The first-order valence-corrected chi connectivity index (χ1v) is 13.5. The number of rotatable bonds is 8. The SMILES string of the molecule is CCC(CC)(C1=CC2(C)C=CC(C(=O)N(C)C)=C[C@@H]2S1)c1ccc(OCC(=O)C(C)(C)C)c(C)c1. The standard InChI is InChI=1S/C30H41NO3S/c1-10-30(11-2,22-12-13-23(20(3)16-22)34-19-24(32)28(4,5)6)26-18-29(7)15-14-21(17-25(29)35-26)27(33)31(8)9/h12-18,25H,10-11,19H2,1-9H3/t25-,29?/m0/s1. The maximum absolute atomic E-state index is 12.6. The highest BCUT2D eigenvalue weighted by Crippen LogP contribution is 2.57. The van der Waals surface area contributed by atoms with E-state index in [-0.39, 0.29) is 34.4 Å². The summed E-state index contributed by atoms with van der Waals surface area (Å²) in [5.74, 6) is 0.902. The van der Waals surface area contributed by atoms with Crippen LogP contribution in [0.15, 0.2) is 53.0 Å². The second-order valence-electron chi connectivity index (χ2n) is 11.3. The maximum Gasteiger partial charge on any atom is 0.253 e. The van der Waals surface area contributed by atoms with E-state index in [1.54, 1.807) is 19.0 Å². The third kappa shape index (κ3) is 5.30. The van der Waals surface area contributed by atoms with Gasteiger partial charge in [-0.1, -0.05) is 78.0 Å². The van der Waals surface area contributed by atoms with Gasteiger partial charge in [-0.25, -0.2) is 0 Å². The van der Waals surface area contributed by atoms with Crippen LogP contribution in [-0.4, -0.2) is 42.5 Å². The summed E-state index contributed by atoms with van der Waals surface area (Å²) in [6.07, 6.45) is 10.7. The minimum absolute atomic E-state index is 0.0470. The Bertz CT molecular complexity index is 1090. The minimum Gasteiger partial charge on any atom is -0.486 e. The Kier molecular flexibility index (Phi) is 7.81. The first-order valence-electron chi connectivity index (χ1n) is 12.6. The topological polar surface area (TPSA) is 46.6 Å². The van der Waals surface area contributed by atoms with Crippen LogP contribution in [0.3, 0.4) is 0 Å². The van der Waals surface area contributed by atoms with Gasteiger partial charge in [-0.2, -0.15) is 0 Å². The molecule has 1 aromatic carbocycles. The molecule has 1 amide bonds. The number of likely N-dealkylation sites (N-methyl/N-ethyl adjacent to an activating group) is 1. The van der Waals surface area contributed by atoms with Crippen molar-refractivity contribution in [3.8, 4) is 5.75 Å². The average molecular weight is 496 g/mol. The number of amides is 1. The number of thioether (sulfide) groups is 1. The number of aryl methyl sites for hydroxylation is 1. The van der Waals surface area contributed by atoms with Gasteiger partial charge in [0.15, 0.2) is 5.78 Å². The molecule has 2 atom stereocenters. The lowest BCUT2D eigenvalue weighted by molar-refractivity contribution is -0.128. The van der Waals surface area contributed by atoms with Gasteiger partial charge in [-0.15, -0.1) is 11.8 Å². The molecule has 4 nitrogen and oxygen atoms in total. The number of ether oxygens (including phenoxy) is 1. The fourth-order valence-electron chi connectivity index (χ4n) is 4.78. The molecule has 1 aliphatic carbocycles. The van der Waals surface area contributed by atoms with Crippen LogP contribution in [0.25, 0.3) is 0 Å². The van der Waals surface area contributed by atoms with Crippen LogP contribution in [0.1, 0.15) is 65.5 Å². The van der Waals surface area contributed by atoms with Crippen LogP contribution >= 0.6 is 11.8 Å². The zero-order chi connectivity index (χ0) is 26.2. The lowest BCUT2D eigenvalue weighted by atomic mass is 9.72. The molecule has 0 aromatic heterocycles. The summed E-state index contributed by atoms with van der Waals surface area (Å²) in [5.41, 5.74) is 2.45. The summed E-state index contributed by atoms with van der Waals surface area (Å²) in [6, 6.07) is 6.40. The molecule has 1 unspecified atom stereocenters. The average Bonchev–Trinajstić information content (AvgIpc) is 3.15. The van der Waals surface area contributed by atoms with Gasteiger partial charge in [-0.3, -0.25) is 9.59 Å². The molecule has 0 fully saturated rings. The predicted molar refractivity (Wildman–Crippen MR) is 147 cm³/mol. The third-order valence-electron chi connectivity index (χ3n) is 7.52. The Morgan fingerprint density at radius 2 is 1.80 bits per heavy atom. The molecule has 2 aliphatic rings. The van der Waals surface area contributed by atoms with Crippen molar-refractivity contribution < 1.29 is 14.3 Å². The molecule has 0 spiro atoms. The van der Waals surface area contributed by atoms with Crippen LogP contribution in [-0.2, 0) is 15.0 Å². The Balaban J connectivity index is 1.90. The summed E-state index contributed by atoms with van der Waals surface area (Å²) in [7, 11) is 3.59. The van der Waals surface area contributed by atoms with Gasteiger partial charge < -0.3 is 9.64 Å². The first-order chi connectivity index (χ1) is 16.3. The van der Waals surface area contributed by atoms with Crippen LogP contribution < -0.4 is 4.74 Å². The van der Waals surface area contributed by atoms with E-state index in [2.05, 4.69) is 58.1 Å². The second kappa shape index (κ2) is 10.0. The number of nitrogens with zero attached hydrogens (tertiary/aromatic N) is 1. The summed E-state index contributed by atoms with van der Waals surface area (Å²) >= 11 is 1.89. The van der Waals surface area contributed by atoms with Gasteiger partial charge >= 0.3 is 0 Å². The molecule has 3 rings (SSSR count). The Morgan fingerprint density at radius 3 is 2.34 bits per heavy atom. The summed E-state index contributed by atoms with van der Waals surface area (Å²) in [4.78, 5) is 27.9. The number of Topliss-reactive ketones (excluding diaryl/α,β-unsaturated/α-hetero) is 1. The van der Waals surface area contributed by atoms with Gasteiger partial charge in [0.05, 0.1) is 0 Å². The van der Waals surface area contributed by atoms with Crippen molar-refractivity contribution in [1.82, 2.24) is 4.90 Å². The molecule has 1 aliphatic heterocycles. The predicted octanol–water partition coefficient (Wildman–Crippen LogP) is 6.64. The quantitative estimate of drug-likeness (QED) is 0.406. The van der Waals surface area contributed by atoms with Crippen molar-refractivity contribution in [2.75, 3.05) is 20.7 Å². The third-order valence-corrected chi connectivity index (χ3v) is 9.18. The number of hydrogen-bond acceptors (Lipinski definition) is 4. The van der Waals surface area contributed by atoms with Crippen LogP contribution in [0.2, 0.25) is 0 Å². The van der Waals surface area contributed by atoms with E-state index in [4.69, 9.17) is 4.74 Å². The molecule has 0 N–H and O–H groups in total. The lowest BCUT2D eigenvalue weighted by Gasteiger charge is -2.34. The van der Waals surface area contributed by atoms with E-state index in [0.29, 0.717) is 0 Å². The van der Waals surface area contributed by atoms with Crippen molar-refractivity contribution in [1.29, 1.82) is 0 Å². The lowest BCUT2D eigenvalue weighted by Crippen LogP contribution is -2.29. The summed E-state index contributed by atoms with van der Waals surface area (Å²) in [5, 5.41) is 0.200. The van der Waals surface area contributed by atoms with Gasteiger partial charge in [-0.05, 0) is 41.9 Å². The van der Waals surface area contributed by atoms with Crippen molar-refractivity contribution in [2.24, 2.45) is 10.8 Å². The molecule has 1 aromatic rings. The van der Waals surface area contributed by atoms with E-state index in [1.165, 1.54) is 10.5 Å². The van der Waals surface area contributed by atoms with E-state index in [9.17, 15) is 9.59 Å². The number of allylic oxidation sites excluding steroid dienone is 3. The molecular formula is C30H41NO3S. The number of ketones is 1. The molecule has 0 radical (unpaired) electrons. The number of hydrogen-bond donors (Lipinski definition) is 0. The Hall–Kier alpha value is -2.27. The molecule has 5 heteroatoms. The zero-order valence-corrected chi connectivity index (χ0v) is 23.6. The highest BCUT2D eigenvalue weighted by Gasteiger charge is 2.45. The normalized spacial score (nSPS) is 21.8. The second-order valence-corrected chi connectivity index (χ2v) is 12.5. The molecule has 1 heterocycles. The largest absolute Gasteiger partial charge is 0.486 e. The number of fused-ring (bicyclic) bond motifs is 1. The number of carbonyl (C=O) groups is 2. The molecule has 0 saturated carbocycles. The zero-order valence-electron chi connectivity index (χ0n) is 22.8. The maximum atomic E-state index is 12.6. The van der Waals surface area contributed by atoms with Crippen molar-refractivity contribution in [3.05, 3.63) is 64.1 Å². The molecule has 0 saturated heterocycles. The molecule has 190 valence electrons. The van der Waals surface area contributed by atoms with Gasteiger partial charge in [0.25, 0.3) is 5.91 Å². The highest BCUT2D eigenvalue weighted by atomic mass is 32.2. The highest BCUT2D eigenvalue weighted by molar-refractivity contribution is 8.04. The molecule has 0 bridgehead atoms. The van der Waals surface area contributed by atoms with Crippen LogP contribution in [0, 0.1) is 17.8 Å². The molecule has 35 heavy (non-hydrogen) atoms. The van der Waals surface area contributed by atoms with E-state index < -0.39 is 5.41 Å². The smallest absolute Gasteiger partial charge is 0.253 e. The van der Waals surface area contributed by atoms with Crippen molar-refractivity contribution in [2.45, 2.75) is 72.0 Å². The Labute approximate surface area is 215 Å². The Morgan fingerprint density at radius 1 is 1.14 bits per heavy atom. The summed E-state index contributed by atoms with van der Waals surface area (Å²) in [6.45, 7) is 14.7. The fourth-order valence-corrected chi connectivity index (χ4v) is 6.62. The van der Waals surface area contributed by atoms with E-state index in [0.717, 1.165) is 29.7 Å². The number of benzene rings is 1. The van der Waals surface area contributed by atoms with Gasteiger partial charge in [0.2, 0.25) is 0 Å². The van der Waals surface area contributed by atoms with Crippen LogP contribution in [0.5, 0.6) is 5.75 Å². The van der Waals surface area contributed by atoms with Crippen molar-refractivity contribution in [3.63, 3.8) is 0 Å². The van der Waals surface area contributed by atoms with Gasteiger partial charge in [0.1, 0.15) is 12.4 Å². The van der Waals surface area contributed by atoms with E-state index in [1.807, 2.05) is 44.7 Å². The molecular weight excluding hydrogens is 454 g/mol. The summed E-state index contributed by atoms with van der Waals surface area (Å²) < 4.78 is 5.91.